The molecule has 0 amide bonds. The van der Waals surface area contributed by atoms with Gasteiger partial charge in [0, 0.05) is 52.2 Å². The number of hydrogen-bond acceptors (Lipinski definition) is 6. The normalized spacial score (nSPS) is 12.6. The lowest BCUT2D eigenvalue weighted by atomic mass is 9.94. The summed E-state index contributed by atoms with van der Waals surface area (Å²) >= 11 is 10.3. The van der Waals surface area contributed by atoms with Gasteiger partial charge in [-0.3, -0.25) is 0 Å². The van der Waals surface area contributed by atoms with Crippen LogP contribution in [-0.2, 0) is 6.61 Å². The smallest absolute Gasteiger partial charge is 0.223 e. The van der Waals surface area contributed by atoms with Crippen molar-refractivity contribution in [1.29, 1.82) is 0 Å². The minimum atomic E-state index is 0.218. The number of fused-ring (bicyclic) bond motifs is 12. The van der Waals surface area contributed by atoms with Gasteiger partial charge >= 0.3 is 0 Å². The molecule has 0 unspecified atom stereocenters. The van der Waals surface area contributed by atoms with E-state index in [0.717, 1.165) is 81.5 Å². The Balaban J connectivity index is 0.999. The van der Waals surface area contributed by atoms with Crippen molar-refractivity contribution >= 4 is 96.7 Å². The number of aromatic nitrogens is 2. The molecule has 0 fully saturated rings. The number of halogens is 1. The first-order chi connectivity index (χ1) is 26.6. The molecular weight excluding hydrogens is 724 g/mol. The standard InChI is InChI=1S/C47H25ClN2O2S2/c48-47-49-44-33-17-13-28(27-12-16-31-30-7-2-1-6-29(30)24-51-39(31)22-27)23-42(33)54-46(44)45(50-47)34-9-5-10-38-43(34)36-21-25(14-18-37(36)52-38)26-15-19-41-35(20-26)32-8-3-4-11-40(32)53-41/h1-23H,24H2. The molecule has 0 saturated heterocycles. The van der Waals surface area contributed by atoms with Crippen molar-refractivity contribution in [2.45, 2.75) is 6.61 Å². The molecule has 0 N–H and O–H groups in total. The van der Waals surface area contributed by atoms with Crippen molar-refractivity contribution in [3.8, 4) is 50.4 Å². The predicted molar refractivity (Wildman–Crippen MR) is 226 cm³/mol. The van der Waals surface area contributed by atoms with Gasteiger partial charge in [0.15, 0.2) is 0 Å². The van der Waals surface area contributed by atoms with Crippen LogP contribution in [0.15, 0.2) is 144 Å². The molecular formula is C47H25ClN2O2S2. The summed E-state index contributed by atoms with van der Waals surface area (Å²) in [5, 5.41) is 5.89. The Bertz CT molecular complexity index is 3380. The van der Waals surface area contributed by atoms with Crippen LogP contribution in [0.25, 0.3) is 107 Å². The highest BCUT2D eigenvalue weighted by Gasteiger charge is 2.22. The van der Waals surface area contributed by atoms with E-state index in [4.69, 9.17) is 30.7 Å². The van der Waals surface area contributed by atoms with E-state index < -0.39 is 0 Å². The van der Waals surface area contributed by atoms with Gasteiger partial charge in [-0.15, -0.1) is 22.7 Å². The summed E-state index contributed by atoms with van der Waals surface area (Å²) in [5.74, 6) is 0.909. The maximum atomic E-state index is 6.74. The van der Waals surface area contributed by atoms with Crippen LogP contribution in [0.3, 0.4) is 0 Å². The Morgan fingerprint density at radius 2 is 1.28 bits per heavy atom. The molecule has 0 bridgehead atoms. The first-order valence-electron chi connectivity index (χ1n) is 17.8. The molecule has 0 radical (unpaired) electrons. The molecule has 11 aromatic rings. The summed E-state index contributed by atoms with van der Waals surface area (Å²) in [7, 11) is 0. The minimum absolute atomic E-state index is 0.218. The molecule has 0 aliphatic carbocycles. The van der Waals surface area contributed by atoms with Gasteiger partial charge in [0.05, 0.1) is 15.9 Å². The maximum Gasteiger partial charge on any atom is 0.223 e. The Hall–Kier alpha value is -6.05. The zero-order valence-electron chi connectivity index (χ0n) is 28.4. The van der Waals surface area contributed by atoms with Crippen LogP contribution < -0.4 is 4.74 Å². The fraction of sp³-hybridized carbons (Fsp3) is 0.0213. The van der Waals surface area contributed by atoms with E-state index in [0.29, 0.717) is 6.61 Å². The Morgan fingerprint density at radius 3 is 2.24 bits per heavy atom. The van der Waals surface area contributed by atoms with Crippen LogP contribution in [0.5, 0.6) is 5.75 Å². The van der Waals surface area contributed by atoms with E-state index >= 15 is 0 Å². The highest BCUT2D eigenvalue weighted by Crippen LogP contribution is 2.46. The third-order valence-electron chi connectivity index (χ3n) is 10.8. The third-order valence-corrected chi connectivity index (χ3v) is 13.2. The van der Waals surface area contributed by atoms with E-state index in [1.165, 1.54) is 36.9 Å². The highest BCUT2D eigenvalue weighted by molar-refractivity contribution is 7.26. The molecule has 4 nitrogen and oxygen atoms in total. The van der Waals surface area contributed by atoms with Crippen molar-refractivity contribution in [3.63, 3.8) is 0 Å². The lowest BCUT2D eigenvalue weighted by Crippen LogP contribution is -2.05. The number of hydrogen-bond donors (Lipinski definition) is 0. The summed E-state index contributed by atoms with van der Waals surface area (Å²) < 4.78 is 17.4. The average Bonchev–Trinajstić information content (AvgIpc) is 3.90. The first-order valence-corrected chi connectivity index (χ1v) is 19.8. The van der Waals surface area contributed by atoms with Gasteiger partial charge in [0.1, 0.15) is 23.5 Å². The quantitative estimate of drug-likeness (QED) is 0.169. The average molecular weight is 749 g/mol. The zero-order valence-corrected chi connectivity index (χ0v) is 30.8. The lowest BCUT2D eigenvalue weighted by Gasteiger charge is -2.21. The molecule has 7 aromatic carbocycles. The monoisotopic (exact) mass is 748 g/mol. The summed E-state index contributed by atoms with van der Waals surface area (Å²) in [5.41, 5.74) is 12.4. The van der Waals surface area contributed by atoms with Gasteiger partial charge in [-0.1, -0.05) is 91.0 Å². The number of ether oxygens (including phenoxy) is 1. The second-order valence-corrected chi connectivity index (χ2v) is 16.3. The van der Waals surface area contributed by atoms with Crippen LogP contribution in [-0.4, -0.2) is 9.97 Å². The number of thiophene rings is 2. The molecule has 12 rings (SSSR count). The van der Waals surface area contributed by atoms with E-state index in [2.05, 4.69) is 127 Å². The summed E-state index contributed by atoms with van der Waals surface area (Å²) in [4.78, 5) is 9.68. The number of rotatable bonds is 3. The first kappa shape index (κ1) is 30.4. The van der Waals surface area contributed by atoms with Crippen LogP contribution >= 0.6 is 34.3 Å². The fourth-order valence-corrected chi connectivity index (χ4v) is 10.6. The van der Waals surface area contributed by atoms with E-state index in [-0.39, 0.29) is 5.28 Å². The van der Waals surface area contributed by atoms with Crippen molar-refractivity contribution in [2.24, 2.45) is 0 Å². The molecule has 7 heteroatoms. The topological polar surface area (TPSA) is 48.2 Å². The molecule has 254 valence electrons. The predicted octanol–water partition coefficient (Wildman–Crippen LogP) is 14.3. The van der Waals surface area contributed by atoms with Crippen LogP contribution in [0.2, 0.25) is 5.28 Å². The molecule has 5 heterocycles. The minimum Gasteiger partial charge on any atom is -0.488 e. The number of benzene rings is 7. The molecule has 1 aliphatic heterocycles. The van der Waals surface area contributed by atoms with Gasteiger partial charge in [-0.05, 0) is 93.5 Å². The second-order valence-electron chi connectivity index (χ2n) is 13.8. The van der Waals surface area contributed by atoms with E-state index in [9.17, 15) is 0 Å². The fourth-order valence-electron chi connectivity index (χ4n) is 8.19. The van der Waals surface area contributed by atoms with Crippen molar-refractivity contribution in [1.82, 2.24) is 9.97 Å². The second kappa shape index (κ2) is 11.5. The summed E-state index contributed by atoms with van der Waals surface area (Å²) in [6, 6.07) is 49.6. The summed E-state index contributed by atoms with van der Waals surface area (Å²) in [6.07, 6.45) is 0. The molecule has 1 aliphatic rings. The summed E-state index contributed by atoms with van der Waals surface area (Å²) in [6.45, 7) is 0.576. The number of furan rings is 1. The van der Waals surface area contributed by atoms with Crippen LogP contribution in [0.1, 0.15) is 5.56 Å². The van der Waals surface area contributed by atoms with Gasteiger partial charge in [-0.2, -0.15) is 0 Å². The largest absolute Gasteiger partial charge is 0.488 e. The van der Waals surface area contributed by atoms with Crippen molar-refractivity contribution in [3.05, 3.63) is 150 Å². The third kappa shape index (κ3) is 4.54. The van der Waals surface area contributed by atoms with Gasteiger partial charge in [-0.25, -0.2) is 9.97 Å². The molecule has 0 saturated carbocycles. The van der Waals surface area contributed by atoms with Gasteiger partial charge < -0.3 is 9.15 Å². The Kier molecular flexibility index (Phi) is 6.46. The van der Waals surface area contributed by atoms with Crippen LogP contribution in [0.4, 0.5) is 0 Å². The van der Waals surface area contributed by atoms with Gasteiger partial charge in [0.2, 0.25) is 5.28 Å². The SMILES string of the molecule is Clc1nc(-c2cccc3oc4ccc(-c5ccc6sc7ccccc7c6c5)cc4c23)c2sc3cc(-c4ccc5c(c4)OCc4ccccc4-5)ccc3c2n1. The lowest BCUT2D eigenvalue weighted by molar-refractivity contribution is 0.302. The van der Waals surface area contributed by atoms with Gasteiger partial charge in [0.25, 0.3) is 0 Å². The van der Waals surface area contributed by atoms with Crippen molar-refractivity contribution in [2.75, 3.05) is 0 Å². The highest BCUT2D eigenvalue weighted by atomic mass is 35.5. The van der Waals surface area contributed by atoms with E-state index in [1.54, 1.807) is 11.3 Å². The molecule has 0 spiro atoms. The zero-order chi connectivity index (χ0) is 35.5. The van der Waals surface area contributed by atoms with Crippen LogP contribution in [0, 0.1) is 0 Å². The van der Waals surface area contributed by atoms with E-state index in [1.807, 2.05) is 23.5 Å². The maximum absolute atomic E-state index is 6.74. The molecule has 0 atom stereocenters. The molecule has 4 aromatic heterocycles. The Morgan fingerprint density at radius 1 is 0.519 bits per heavy atom. The Labute approximate surface area is 321 Å². The van der Waals surface area contributed by atoms with Crippen molar-refractivity contribution < 1.29 is 9.15 Å². The molecule has 54 heavy (non-hydrogen) atoms. The number of nitrogens with zero attached hydrogens (tertiary/aromatic N) is 2.